The van der Waals surface area contributed by atoms with Crippen LogP contribution >= 0.6 is 38.9 Å². The molecule has 0 aliphatic carbocycles. The summed E-state index contributed by atoms with van der Waals surface area (Å²) in [6, 6.07) is 10.8. The third-order valence-electron chi connectivity index (χ3n) is 2.93. The van der Waals surface area contributed by atoms with E-state index in [-0.39, 0.29) is 12.5 Å². The Morgan fingerprint density at radius 2 is 2.23 bits per heavy atom. The molecule has 0 unspecified atom stereocenters. The number of carbonyl (C=O) groups excluding carboxylic acids is 1. The molecule has 3 aromatic rings. The lowest BCUT2D eigenvalue weighted by Gasteiger charge is -2.05. The van der Waals surface area contributed by atoms with Crippen molar-refractivity contribution in [1.82, 2.24) is 10.5 Å². The van der Waals surface area contributed by atoms with Gasteiger partial charge in [0.15, 0.2) is 5.76 Å². The molecular weight excluding hydrogens is 388 g/mol. The molecule has 0 radical (unpaired) electrons. The number of carbonyl (C=O) groups is 1. The maximum Gasteiger partial charge on any atom is 0.253 e. The molecule has 1 aromatic carbocycles. The lowest BCUT2D eigenvalue weighted by Crippen LogP contribution is -2.23. The first kappa shape index (κ1) is 15.3. The highest BCUT2D eigenvalue weighted by molar-refractivity contribution is 9.10. The van der Waals surface area contributed by atoms with Crippen LogP contribution in [0, 0.1) is 0 Å². The van der Waals surface area contributed by atoms with Gasteiger partial charge in [0.25, 0.3) is 5.91 Å². The Labute approximate surface area is 144 Å². The van der Waals surface area contributed by atoms with Gasteiger partial charge in [0, 0.05) is 10.5 Å². The predicted octanol–water partition coefficient (Wildman–Crippen LogP) is 4.75. The fourth-order valence-electron chi connectivity index (χ4n) is 1.87. The minimum absolute atomic E-state index is 0.257. The van der Waals surface area contributed by atoms with Crippen molar-refractivity contribution in [3.05, 3.63) is 62.5 Å². The number of nitrogens with zero attached hydrogens (tertiary/aromatic N) is 1. The van der Waals surface area contributed by atoms with E-state index in [0.29, 0.717) is 22.0 Å². The Morgan fingerprint density at radius 3 is 3.00 bits per heavy atom. The average Bonchev–Trinajstić information content (AvgIpc) is 3.17. The van der Waals surface area contributed by atoms with Gasteiger partial charge in [-0.1, -0.05) is 38.8 Å². The van der Waals surface area contributed by atoms with Gasteiger partial charge < -0.3 is 9.84 Å². The summed E-state index contributed by atoms with van der Waals surface area (Å²) in [5.41, 5.74) is 1.07. The lowest BCUT2D eigenvalue weighted by molar-refractivity contribution is 0.0950. The number of hydrogen-bond donors (Lipinski definition) is 1. The summed E-state index contributed by atoms with van der Waals surface area (Å²) in [7, 11) is 0. The Morgan fingerprint density at radius 1 is 1.36 bits per heavy atom. The summed E-state index contributed by atoms with van der Waals surface area (Å²) >= 11 is 10.9. The van der Waals surface area contributed by atoms with Crippen LogP contribution in [0.15, 0.2) is 50.8 Å². The predicted molar refractivity (Wildman–Crippen MR) is 90.1 cm³/mol. The van der Waals surface area contributed by atoms with E-state index in [9.17, 15) is 4.79 Å². The first-order valence-corrected chi connectivity index (χ1v) is 8.41. The molecule has 22 heavy (non-hydrogen) atoms. The first-order chi connectivity index (χ1) is 10.6. The third-order valence-corrected chi connectivity index (χ3v) is 4.63. The van der Waals surface area contributed by atoms with Gasteiger partial charge in [-0.05, 0) is 29.6 Å². The minimum atomic E-state index is -0.257. The van der Waals surface area contributed by atoms with Gasteiger partial charge in [0.1, 0.15) is 5.69 Å². The Hall–Kier alpha value is -1.63. The third kappa shape index (κ3) is 3.40. The number of nitrogens with one attached hydrogen (secondary N) is 1. The molecule has 0 aliphatic rings. The lowest BCUT2D eigenvalue weighted by atomic mass is 10.2. The number of thiophene rings is 1. The monoisotopic (exact) mass is 396 g/mol. The first-order valence-electron chi connectivity index (χ1n) is 6.36. The molecule has 0 saturated carbocycles. The highest BCUT2D eigenvalue weighted by Gasteiger charge is 2.12. The second kappa shape index (κ2) is 6.64. The smallest absolute Gasteiger partial charge is 0.253 e. The Balaban J connectivity index is 1.67. The van der Waals surface area contributed by atoms with Gasteiger partial charge in [0.2, 0.25) is 0 Å². The van der Waals surface area contributed by atoms with E-state index in [1.54, 1.807) is 29.5 Å². The van der Waals surface area contributed by atoms with Crippen LogP contribution in [0.4, 0.5) is 0 Å². The molecule has 1 amide bonds. The average molecular weight is 398 g/mol. The zero-order valence-electron chi connectivity index (χ0n) is 11.2. The zero-order valence-corrected chi connectivity index (χ0v) is 14.3. The molecule has 2 heterocycles. The number of amides is 1. The number of aromatic nitrogens is 1. The SMILES string of the molecule is O=C(NCc1cc(-c2cccs2)on1)c1cc(Br)ccc1Cl. The largest absolute Gasteiger partial charge is 0.355 e. The van der Waals surface area contributed by atoms with Crippen LogP contribution in [0.3, 0.4) is 0 Å². The summed E-state index contributed by atoms with van der Waals surface area (Å²) < 4.78 is 6.06. The second-order valence-electron chi connectivity index (χ2n) is 4.47. The zero-order chi connectivity index (χ0) is 15.5. The molecule has 112 valence electrons. The maximum atomic E-state index is 12.2. The molecule has 0 aliphatic heterocycles. The van der Waals surface area contributed by atoms with Gasteiger partial charge in [-0.25, -0.2) is 0 Å². The van der Waals surface area contributed by atoms with Gasteiger partial charge in [-0.3, -0.25) is 4.79 Å². The minimum Gasteiger partial charge on any atom is -0.355 e. The standard InChI is InChI=1S/C15H10BrClN2O2S/c16-9-3-4-12(17)11(6-9)15(20)18-8-10-7-13(21-19-10)14-2-1-5-22-14/h1-7H,8H2,(H,18,20). The number of rotatable bonds is 4. The van der Waals surface area contributed by atoms with Crippen molar-refractivity contribution in [3.63, 3.8) is 0 Å². The van der Waals surface area contributed by atoms with Crippen molar-refractivity contribution in [2.45, 2.75) is 6.54 Å². The topological polar surface area (TPSA) is 55.1 Å². The number of halogens is 2. The van der Waals surface area contributed by atoms with Crippen molar-refractivity contribution < 1.29 is 9.32 Å². The molecule has 0 atom stereocenters. The highest BCUT2D eigenvalue weighted by atomic mass is 79.9. The van der Waals surface area contributed by atoms with E-state index in [0.717, 1.165) is 9.35 Å². The Kier molecular flexibility index (Phi) is 4.61. The van der Waals surface area contributed by atoms with Gasteiger partial charge in [-0.15, -0.1) is 11.3 Å². The van der Waals surface area contributed by atoms with Crippen molar-refractivity contribution in [1.29, 1.82) is 0 Å². The van der Waals surface area contributed by atoms with Crippen LogP contribution in [0.2, 0.25) is 5.02 Å². The maximum absolute atomic E-state index is 12.2. The van der Waals surface area contributed by atoms with Gasteiger partial charge in [-0.2, -0.15) is 0 Å². The molecule has 0 fully saturated rings. The van der Waals surface area contributed by atoms with E-state index < -0.39 is 0 Å². The van der Waals surface area contributed by atoms with E-state index in [1.807, 2.05) is 23.6 Å². The fourth-order valence-corrected chi connectivity index (χ4v) is 3.11. The molecule has 7 heteroatoms. The molecule has 4 nitrogen and oxygen atoms in total. The van der Waals surface area contributed by atoms with Crippen LogP contribution in [0.1, 0.15) is 16.1 Å². The fraction of sp³-hybridized carbons (Fsp3) is 0.0667. The van der Waals surface area contributed by atoms with E-state index in [4.69, 9.17) is 16.1 Å². The van der Waals surface area contributed by atoms with Crippen LogP contribution in [0.25, 0.3) is 10.6 Å². The summed E-state index contributed by atoms with van der Waals surface area (Å²) in [6.07, 6.45) is 0. The van der Waals surface area contributed by atoms with Crippen LogP contribution in [-0.2, 0) is 6.54 Å². The molecule has 0 bridgehead atoms. The summed E-state index contributed by atoms with van der Waals surface area (Å²) in [4.78, 5) is 13.2. The van der Waals surface area contributed by atoms with Crippen molar-refractivity contribution in [2.24, 2.45) is 0 Å². The summed E-state index contributed by atoms with van der Waals surface area (Å²) in [5, 5.41) is 9.10. The number of benzene rings is 1. The van der Waals surface area contributed by atoms with Gasteiger partial charge >= 0.3 is 0 Å². The van der Waals surface area contributed by atoms with E-state index in [2.05, 4.69) is 26.4 Å². The van der Waals surface area contributed by atoms with Crippen LogP contribution < -0.4 is 5.32 Å². The van der Waals surface area contributed by atoms with Gasteiger partial charge in [0.05, 0.1) is 22.0 Å². The van der Waals surface area contributed by atoms with Crippen molar-refractivity contribution >= 4 is 44.8 Å². The summed E-state index contributed by atoms with van der Waals surface area (Å²) in [6.45, 7) is 0.274. The van der Waals surface area contributed by atoms with E-state index >= 15 is 0 Å². The molecule has 1 N–H and O–H groups in total. The quantitative estimate of drug-likeness (QED) is 0.691. The molecular formula is C15H10BrClN2O2S. The summed E-state index contributed by atoms with van der Waals surface area (Å²) in [5.74, 6) is 0.437. The molecule has 0 saturated heterocycles. The van der Waals surface area contributed by atoms with Crippen LogP contribution in [-0.4, -0.2) is 11.1 Å². The van der Waals surface area contributed by atoms with Crippen LogP contribution in [0.5, 0.6) is 0 Å². The number of hydrogen-bond acceptors (Lipinski definition) is 4. The molecule has 0 spiro atoms. The Bertz CT molecular complexity index is 802. The van der Waals surface area contributed by atoms with E-state index in [1.165, 1.54) is 0 Å². The highest BCUT2D eigenvalue weighted by Crippen LogP contribution is 2.25. The molecule has 3 rings (SSSR count). The van der Waals surface area contributed by atoms with Crippen molar-refractivity contribution in [3.8, 4) is 10.6 Å². The van der Waals surface area contributed by atoms with Crippen molar-refractivity contribution in [2.75, 3.05) is 0 Å². The second-order valence-corrected chi connectivity index (χ2v) is 6.74. The molecule has 2 aromatic heterocycles. The normalized spacial score (nSPS) is 10.6.